The minimum Gasteiger partial charge on any atom is -0.279 e. The van der Waals surface area contributed by atoms with Crippen molar-refractivity contribution in [2.24, 2.45) is 0 Å². The molecule has 0 bridgehead atoms. The molecule has 0 unspecified atom stereocenters. The molecule has 0 atom stereocenters. The molecule has 0 N–H and O–H groups in total. The summed E-state index contributed by atoms with van der Waals surface area (Å²) >= 11 is 7.50. The second-order valence-corrected chi connectivity index (χ2v) is 3.77. The van der Waals surface area contributed by atoms with Gasteiger partial charge >= 0.3 is 0 Å². The Kier molecular flexibility index (Phi) is 2.17. The minimum atomic E-state index is 0.531. The molecule has 2 rings (SSSR count). The minimum absolute atomic E-state index is 0.531. The smallest absolute Gasteiger partial charge is 0.174 e. The van der Waals surface area contributed by atoms with E-state index in [1.165, 1.54) is 0 Å². The molecule has 0 saturated carbocycles. The Morgan fingerprint density at radius 2 is 2.31 bits per heavy atom. The van der Waals surface area contributed by atoms with Crippen LogP contribution in [0.5, 0.6) is 0 Å². The molecule has 0 fully saturated rings. The van der Waals surface area contributed by atoms with Gasteiger partial charge in [-0.2, -0.15) is 0 Å². The number of hydrogen-bond acceptors (Lipinski definition) is 3. The number of hydrogen-bond donors (Lipinski definition) is 0. The van der Waals surface area contributed by atoms with Gasteiger partial charge in [0.2, 0.25) is 0 Å². The average Bonchev–Trinajstić information content (AvgIpc) is 2.60. The third-order valence-corrected chi connectivity index (χ3v) is 2.89. The van der Waals surface area contributed by atoms with Crippen LogP contribution in [0.4, 0.5) is 0 Å². The molecule has 0 amide bonds. The number of nitrogens with zero attached hydrogens (tertiary/aromatic N) is 3. The van der Waals surface area contributed by atoms with Gasteiger partial charge in [0.05, 0.1) is 0 Å². The van der Waals surface area contributed by atoms with Crippen LogP contribution in [0, 0.1) is 6.92 Å². The summed E-state index contributed by atoms with van der Waals surface area (Å²) < 4.78 is 1.94. The standard InChI is InChI=1S/C8H8ClN3S/c1-5-6(9)11-8(13-2)12-4-3-10-7(5)12/h3-4H,1-2H3. The molecule has 0 aliphatic carbocycles. The summed E-state index contributed by atoms with van der Waals surface area (Å²) in [7, 11) is 0. The summed E-state index contributed by atoms with van der Waals surface area (Å²) in [5.41, 5.74) is 1.80. The molecule has 2 aromatic rings. The fraction of sp³-hybridized carbons (Fsp3) is 0.250. The van der Waals surface area contributed by atoms with Crippen LogP contribution in [0.2, 0.25) is 5.15 Å². The molecule has 2 heterocycles. The molecule has 0 radical (unpaired) electrons. The van der Waals surface area contributed by atoms with Crippen molar-refractivity contribution < 1.29 is 0 Å². The van der Waals surface area contributed by atoms with Gasteiger partial charge in [0.15, 0.2) is 5.16 Å². The van der Waals surface area contributed by atoms with Gasteiger partial charge in [-0.3, -0.25) is 4.40 Å². The third kappa shape index (κ3) is 1.30. The van der Waals surface area contributed by atoms with Gasteiger partial charge in [0.1, 0.15) is 10.8 Å². The summed E-state index contributed by atoms with van der Waals surface area (Å²) in [4.78, 5) is 8.46. The van der Waals surface area contributed by atoms with Gasteiger partial charge in [-0.25, -0.2) is 9.97 Å². The van der Waals surface area contributed by atoms with E-state index in [0.717, 1.165) is 16.4 Å². The van der Waals surface area contributed by atoms with Crippen molar-refractivity contribution in [2.75, 3.05) is 6.26 Å². The highest BCUT2D eigenvalue weighted by Gasteiger charge is 2.08. The van der Waals surface area contributed by atoms with Gasteiger partial charge < -0.3 is 0 Å². The van der Waals surface area contributed by atoms with Crippen molar-refractivity contribution in [3.63, 3.8) is 0 Å². The van der Waals surface area contributed by atoms with Crippen LogP contribution in [-0.4, -0.2) is 20.6 Å². The first kappa shape index (κ1) is 8.84. The Morgan fingerprint density at radius 1 is 1.54 bits per heavy atom. The largest absolute Gasteiger partial charge is 0.279 e. The molecule has 0 aliphatic heterocycles. The summed E-state index contributed by atoms with van der Waals surface area (Å²) in [6.45, 7) is 1.92. The van der Waals surface area contributed by atoms with Crippen molar-refractivity contribution in [3.8, 4) is 0 Å². The first-order valence-corrected chi connectivity index (χ1v) is 5.37. The van der Waals surface area contributed by atoms with Crippen LogP contribution in [0.1, 0.15) is 5.56 Å². The van der Waals surface area contributed by atoms with E-state index in [1.54, 1.807) is 18.0 Å². The normalized spacial score (nSPS) is 11.0. The van der Waals surface area contributed by atoms with Crippen LogP contribution in [-0.2, 0) is 0 Å². The van der Waals surface area contributed by atoms with Crippen LogP contribution in [0.3, 0.4) is 0 Å². The van der Waals surface area contributed by atoms with Crippen molar-refractivity contribution >= 4 is 29.0 Å². The van der Waals surface area contributed by atoms with Gasteiger partial charge in [-0.1, -0.05) is 23.4 Å². The predicted molar refractivity (Wildman–Crippen MR) is 54.5 cm³/mol. The van der Waals surface area contributed by atoms with E-state index in [0.29, 0.717) is 5.15 Å². The van der Waals surface area contributed by atoms with Crippen molar-refractivity contribution in [3.05, 3.63) is 23.1 Å². The number of halogens is 1. The van der Waals surface area contributed by atoms with Gasteiger partial charge in [-0.15, -0.1) is 0 Å². The molecule has 0 saturated heterocycles. The zero-order valence-electron chi connectivity index (χ0n) is 7.28. The summed E-state index contributed by atoms with van der Waals surface area (Å²) in [6.07, 6.45) is 5.60. The highest BCUT2D eigenvalue weighted by molar-refractivity contribution is 7.98. The molecular formula is C8H8ClN3S. The lowest BCUT2D eigenvalue weighted by Gasteiger charge is -2.04. The Morgan fingerprint density at radius 3 is 3.00 bits per heavy atom. The number of fused-ring (bicyclic) bond motifs is 1. The number of rotatable bonds is 1. The predicted octanol–water partition coefficient (Wildman–Crippen LogP) is 2.41. The Hall–Kier alpha value is -0.740. The molecule has 0 aliphatic rings. The zero-order chi connectivity index (χ0) is 9.42. The maximum atomic E-state index is 5.95. The van der Waals surface area contributed by atoms with Crippen molar-refractivity contribution in [1.29, 1.82) is 0 Å². The Labute approximate surface area is 85.1 Å². The van der Waals surface area contributed by atoms with Crippen molar-refractivity contribution in [1.82, 2.24) is 14.4 Å². The van der Waals surface area contributed by atoms with E-state index in [9.17, 15) is 0 Å². The third-order valence-electron chi connectivity index (χ3n) is 1.87. The Balaban J connectivity index is 2.87. The average molecular weight is 214 g/mol. The molecule has 0 spiro atoms. The lowest BCUT2D eigenvalue weighted by atomic mass is 10.4. The van der Waals surface area contributed by atoms with E-state index < -0.39 is 0 Å². The second kappa shape index (κ2) is 3.20. The van der Waals surface area contributed by atoms with E-state index in [1.807, 2.05) is 23.8 Å². The highest BCUT2D eigenvalue weighted by Crippen LogP contribution is 2.22. The van der Waals surface area contributed by atoms with Crippen molar-refractivity contribution in [2.45, 2.75) is 12.1 Å². The van der Waals surface area contributed by atoms with Crippen LogP contribution >= 0.6 is 23.4 Å². The molecule has 3 nitrogen and oxygen atoms in total. The van der Waals surface area contributed by atoms with E-state index in [2.05, 4.69) is 9.97 Å². The maximum Gasteiger partial charge on any atom is 0.174 e. The maximum absolute atomic E-state index is 5.95. The van der Waals surface area contributed by atoms with Crippen LogP contribution in [0.25, 0.3) is 5.65 Å². The number of imidazole rings is 1. The van der Waals surface area contributed by atoms with E-state index in [4.69, 9.17) is 11.6 Å². The summed E-state index contributed by atoms with van der Waals surface area (Å²) in [5.74, 6) is 0. The summed E-state index contributed by atoms with van der Waals surface area (Å²) in [5, 5.41) is 1.39. The van der Waals surface area contributed by atoms with Crippen LogP contribution in [0.15, 0.2) is 17.6 Å². The van der Waals surface area contributed by atoms with Crippen LogP contribution < -0.4 is 0 Å². The van der Waals surface area contributed by atoms with E-state index in [-0.39, 0.29) is 0 Å². The molecule has 68 valence electrons. The first-order chi connectivity index (χ1) is 6.24. The zero-order valence-corrected chi connectivity index (χ0v) is 8.85. The second-order valence-electron chi connectivity index (χ2n) is 2.64. The molecular weight excluding hydrogens is 206 g/mol. The quantitative estimate of drug-likeness (QED) is 0.414. The first-order valence-electron chi connectivity index (χ1n) is 3.77. The Bertz CT molecular complexity index is 452. The van der Waals surface area contributed by atoms with Gasteiger partial charge in [0.25, 0.3) is 0 Å². The fourth-order valence-corrected chi connectivity index (χ4v) is 1.93. The number of aryl methyl sites for hydroxylation is 1. The summed E-state index contributed by atoms with van der Waals surface area (Å²) in [6, 6.07) is 0. The highest BCUT2D eigenvalue weighted by atomic mass is 35.5. The number of aromatic nitrogens is 3. The van der Waals surface area contributed by atoms with E-state index >= 15 is 0 Å². The lowest BCUT2D eigenvalue weighted by Crippen LogP contribution is -1.96. The molecule has 2 aromatic heterocycles. The van der Waals surface area contributed by atoms with Gasteiger partial charge in [0, 0.05) is 18.0 Å². The topological polar surface area (TPSA) is 30.2 Å². The SMILES string of the molecule is CSc1nc(Cl)c(C)c2nccn12. The number of thioether (sulfide) groups is 1. The molecule has 5 heteroatoms. The molecule has 0 aromatic carbocycles. The molecule has 13 heavy (non-hydrogen) atoms. The monoisotopic (exact) mass is 213 g/mol. The van der Waals surface area contributed by atoms with Gasteiger partial charge in [-0.05, 0) is 13.2 Å². The lowest BCUT2D eigenvalue weighted by molar-refractivity contribution is 0.895. The fourth-order valence-electron chi connectivity index (χ4n) is 1.19.